The summed E-state index contributed by atoms with van der Waals surface area (Å²) in [7, 11) is 9.04. The number of hydrogen-bond donors (Lipinski definition) is 7. The van der Waals surface area contributed by atoms with Crippen LogP contribution in [0.1, 0.15) is 112 Å². The molecule has 2 aromatic heterocycles. The van der Waals surface area contributed by atoms with Crippen molar-refractivity contribution in [2.45, 2.75) is 115 Å². The fourth-order valence-electron chi connectivity index (χ4n) is 11.7. The predicted molar refractivity (Wildman–Crippen MR) is 396 cm³/mol. The molecule has 4 heterocycles. The summed E-state index contributed by atoms with van der Waals surface area (Å²) in [6.07, 6.45) is 6.86. The number of esters is 7. The molecule has 2 aliphatic heterocycles. The number of para-hydroxylation sites is 1. The van der Waals surface area contributed by atoms with E-state index in [-0.39, 0.29) is 74.2 Å². The Bertz CT molecular complexity index is 3690. The maximum atomic E-state index is 11.3. The number of methoxy groups -OCH3 is 8. The monoisotopic (exact) mass is 1610 g/mol. The van der Waals surface area contributed by atoms with Crippen molar-refractivity contribution < 1.29 is 154 Å². The van der Waals surface area contributed by atoms with Crippen LogP contribution in [0, 0.1) is 53.3 Å². The van der Waals surface area contributed by atoms with Crippen LogP contribution in [0.15, 0.2) is 71.6 Å². The molecule has 3 aliphatic rings. The summed E-state index contributed by atoms with van der Waals surface area (Å²) in [6, 6.07) is 17.5. The van der Waals surface area contributed by atoms with Crippen LogP contribution in [0.3, 0.4) is 0 Å². The molecule has 110 heavy (non-hydrogen) atoms. The molecule has 0 spiro atoms. The molecular weight excluding hydrogens is 1510 g/mol. The summed E-state index contributed by atoms with van der Waals surface area (Å²) >= 11 is 2.97. The Hall–Kier alpha value is -9.52. The minimum absolute atomic E-state index is 0.00260. The van der Waals surface area contributed by atoms with Gasteiger partial charge in [-0.3, -0.25) is 67.1 Å². The van der Waals surface area contributed by atoms with E-state index in [0.717, 1.165) is 35.1 Å². The number of ether oxygens (including phenoxy) is 9. The topological polar surface area (TPSA) is 503 Å². The summed E-state index contributed by atoms with van der Waals surface area (Å²) in [6.45, 7) is 2.76. The van der Waals surface area contributed by atoms with Crippen molar-refractivity contribution >= 4 is 127 Å². The van der Waals surface area contributed by atoms with E-state index in [1.54, 1.807) is 35.5 Å². The van der Waals surface area contributed by atoms with Crippen LogP contribution >= 0.6 is 23.1 Å². The van der Waals surface area contributed by atoms with E-state index in [2.05, 4.69) is 33.2 Å². The highest BCUT2D eigenvalue weighted by Crippen LogP contribution is 2.35. The Balaban J connectivity index is 0.000000646. The van der Waals surface area contributed by atoms with Crippen LogP contribution in [-0.4, -0.2) is 232 Å². The number of thioether (sulfide) groups is 1. The lowest BCUT2D eigenvalue weighted by Gasteiger charge is -2.26. The van der Waals surface area contributed by atoms with Crippen molar-refractivity contribution in [3.05, 3.63) is 93.8 Å². The first-order valence-corrected chi connectivity index (χ1v) is 38.6. The number of carboxylic acids is 7. The van der Waals surface area contributed by atoms with Gasteiger partial charge in [-0.05, 0) is 133 Å². The standard InChI is InChI=1S/C15H17NO4.C14H16O4.C10H16O6S.C10H16O5.C9H10O4S.C8H14O5.C8H14O4S/c1-16-9-11(12-5-3-4-6-13(12)16)7-10(15(18)19)8-14(17)20-2;1-18-13(15)8-12(14(16)17)11-6-9-4-2-3-5-10(9)7-11;1-16-9(11)6-8(10(12)13)7-2-4-17(14,15)5-3-7;1-14-9(11)6-8(10(12)13)7-2-4-15-5-3-7;1-13-8(10)4-7(9(11)12)6-2-3-14-5-6;1-5(12-2)6(8(10)11)4-7(9)13-3;1-12-7(9)5-6(8(10)11)3-4-13-2/h3-6,9-10H,7-8H2,1-2H3,(H,18,19);2-5,11-12H,6-8H2,1H3,(H,16,17);7-8H,2-6H2,1H3,(H,12,13);7-8H,2-6H2,1H3,(H,12,13);2-3,5,7H,4H2,1H3,(H,11,12);5-6H,4H2,1-3H3,(H,10,11);6H,3-5H2,1-2H3,(H,10,11)/t10-;12-;;8-;;5-,6+;6-/m00.1.11/s1. The maximum absolute atomic E-state index is 11.3. The minimum Gasteiger partial charge on any atom is -0.481 e. The molecule has 8 atom stereocenters. The van der Waals surface area contributed by atoms with Gasteiger partial charge in [-0.1, -0.05) is 42.5 Å². The maximum Gasteiger partial charge on any atom is 0.311 e. The molecule has 7 N–H and O–H groups in total. The van der Waals surface area contributed by atoms with Gasteiger partial charge >= 0.3 is 83.6 Å². The summed E-state index contributed by atoms with van der Waals surface area (Å²) < 4.78 is 65.6. The van der Waals surface area contributed by atoms with Crippen molar-refractivity contribution in [1.82, 2.24) is 4.57 Å². The zero-order valence-electron chi connectivity index (χ0n) is 63.4. The first-order valence-electron chi connectivity index (χ1n) is 34.4. The largest absolute Gasteiger partial charge is 0.481 e. The quantitative estimate of drug-likeness (QED) is 0.0188. The van der Waals surface area contributed by atoms with Crippen LogP contribution in [0.2, 0.25) is 0 Å². The van der Waals surface area contributed by atoms with E-state index in [4.69, 9.17) is 35.0 Å². The fourth-order valence-corrected chi connectivity index (χ4v) is 14.4. The van der Waals surface area contributed by atoms with Gasteiger partial charge in [0.25, 0.3) is 0 Å². The van der Waals surface area contributed by atoms with Gasteiger partial charge in [0.15, 0.2) is 0 Å². The third-order valence-corrected chi connectivity index (χ3v) is 21.3. The summed E-state index contributed by atoms with van der Waals surface area (Å²) in [5.74, 6) is -15.1. The number of aryl methyl sites for hydroxylation is 1. The number of nitrogens with zero attached hydrogens (tertiary/aromatic N) is 1. The second-order valence-corrected chi connectivity index (χ2v) is 29.4. The number of fused-ring (bicyclic) bond motifs is 2. The van der Waals surface area contributed by atoms with Gasteiger partial charge in [0.1, 0.15) is 9.84 Å². The van der Waals surface area contributed by atoms with E-state index in [9.17, 15) is 85.8 Å². The van der Waals surface area contributed by atoms with E-state index < -0.39 is 141 Å². The zero-order chi connectivity index (χ0) is 83.4. The predicted octanol–water partition coefficient (Wildman–Crippen LogP) is 7.17. The number of sulfone groups is 1. The number of thiophene rings is 1. The lowest BCUT2D eigenvalue weighted by Crippen LogP contribution is -2.33. The molecule has 0 saturated carbocycles. The molecule has 2 saturated heterocycles. The molecule has 2 aromatic carbocycles. The van der Waals surface area contributed by atoms with Crippen molar-refractivity contribution in [3.8, 4) is 0 Å². The SMILES string of the molecule is COC(=O)CC(C(=O)O)C1CCS(=O)(=O)CC1.COC(=O)CC(C(=O)O)c1ccsc1.COC(=O)C[C@@H](C(=O)O)C1CCOCC1.COC(=O)C[C@@H](CCSC)C(=O)O.COC(=O)C[C@H](C(=O)O)C1Cc2ccccc2C1.COC(=O)C[C@H](C(=O)O)[C@@H](C)OC.COC(=O)C[C@H](Cc1cn(C)c2ccccc12)C(=O)O. The van der Waals surface area contributed by atoms with Crippen molar-refractivity contribution in [3.63, 3.8) is 0 Å². The number of aliphatic carboxylic acids is 7. The molecule has 2 unspecified atom stereocenters. The number of carboxylic acid groups (broad SMARTS) is 7. The van der Waals surface area contributed by atoms with Gasteiger partial charge in [0, 0.05) is 44.5 Å². The number of hydrogen-bond acceptors (Lipinski definition) is 27. The van der Waals surface area contributed by atoms with Gasteiger partial charge in [-0.2, -0.15) is 23.1 Å². The van der Waals surface area contributed by atoms with Gasteiger partial charge in [0.2, 0.25) is 0 Å². The Labute approximate surface area is 645 Å². The van der Waals surface area contributed by atoms with Crippen LogP contribution < -0.4 is 0 Å². The third-order valence-electron chi connectivity index (χ3n) is 18.3. The summed E-state index contributed by atoms with van der Waals surface area (Å²) in [5.41, 5.74) is 5.01. The molecule has 7 rings (SSSR count). The van der Waals surface area contributed by atoms with E-state index in [1.807, 2.05) is 72.6 Å². The Morgan fingerprint density at radius 3 is 1.32 bits per heavy atom. The first-order chi connectivity index (χ1) is 51.9. The van der Waals surface area contributed by atoms with Crippen LogP contribution in [-0.2, 0) is 146 Å². The average molecular weight is 1610 g/mol. The number of benzene rings is 2. The molecular formula is C74H103NO32S3. The van der Waals surface area contributed by atoms with Crippen molar-refractivity contribution in [2.75, 3.05) is 93.6 Å². The van der Waals surface area contributed by atoms with Gasteiger partial charge in [-0.25, -0.2) is 8.42 Å². The summed E-state index contributed by atoms with van der Waals surface area (Å²) in [5, 5.41) is 67.4. The number of carbonyl (C=O) groups is 14. The van der Waals surface area contributed by atoms with E-state index >= 15 is 0 Å². The second-order valence-electron chi connectivity index (χ2n) is 25.3. The molecule has 33 nitrogen and oxygen atoms in total. The second kappa shape index (κ2) is 52.6. The molecule has 0 bridgehead atoms. The lowest BCUT2D eigenvalue weighted by atomic mass is 9.84. The highest BCUT2D eigenvalue weighted by atomic mass is 32.2. The Morgan fingerprint density at radius 2 is 0.918 bits per heavy atom. The molecule has 36 heteroatoms. The highest BCUT2D eigenvalue weighted by Gasteiger charge is 2.38. The fraction of sp³-hybridized carbons (Fsp3) is 0.568. The van der Waals surface area contributed by atoms with Gasteiger partial charge < -0.3 is 82.9 Å². The van der Waals surface area contributed by atoms with Crippen LogP contribution in [0.4, 0.5) is 0 Å². The third kappa shape index (κ3) is 36.8. The average Bonchev–Trinajstić information content (AvgIpc) is 1.64. The highest BCUT2D eigenvalue weighted by molar-refractivity contribution is 7.98. The Morgan fingerprint density at radius 1 is 0.509 bits per heavy atom. The lowest BCUT2D eigenvalue weighted by molar-refractivity contribution is -0.154. The number of aromatic nitrogens is 1. The van der Waals surface area contributed by atoms with Gasteiger partial charge in [0.05, 0.1) is 154 Å². The van der Waals surface area contributed by atoms with Crippen molar-refractivity contribution in [2.24, 2.45) is 60.3 Å². The Kier molecular flexibility index (Phi) is 47.1. The molecule has 0 radical (unpaired) electrons. The smallest absolute Gasteiger partial charge is 0.311 e. The molecule has 0 amide bonds. The van der Waals surface area contributed by atoms with E-state index in [1.165, 1.54) is 79.3 Å². The minimum atomic E-state index is -3.02. The van der Waals surface area contributed by atoms with Crippen molar-refractivity contribution in [1.29, 1.82) is 0 Å². The van der Waals surface area contributed by atoms with Crippen LogP contribution in [0.5, 0.6) is 0 Å². The molecule has 4 aromatic rings. The number of rotatable bonds is 32. The molecule has 2 fully saturated rings. The van der Waals surface area contributed by atoms with Gasteiger partial charge in [-0.15, -0.1) is 0 Å². The molecule has 614 valence electrons. The zero-order valence-corrected chi connectivity index (χ0v) is 65.9. The number of carbonyl (C=O) groups excluding carboxylic acids is 7. The first kappa shape index (κ1) is 98.5. The summed E-state index contributed by atoms with van der Waals surface area (Å²) in [4.78, 5) is 154. The normalized spacial score (nSPS) is 15.6. The van der Waals surface area contributed by atoms with E-state index in [0.29, 0.717) is 57.3 Å². The molecule has 1 aliphatic carbocycles. The van der Waals surface area contributed by atoms with Crippen LogP contribution in [0.25, 0.3) is 10.9 Å².